The average molecular weight is 470 g/mol. The molecule has 0 saturated carbocycles. The number of benzene rings is 2. The number of rotatable bonds is 5. The summed E-state index contributed by atoms with van der Waals surface area (Å²) in [6.07, 6.45) is 4.11. The highest BCUT2D eigenvalue weighted by Gasteiger charge is 2.13. The Bertz CT molecular complexity index is 1320. The first-order chi connectivity index (χ1) is 15.5. The molecule has 0 unspecified atom stereocenters. The molecule has 2 heterocycles. The van der Waals surface area contributed by atoms with E-state index in [9.17, 15) is 13.2 Å². The number of thiophene rings is 2. The lowest BCUT2D eigenvalue weighted by atomic mass is 10.0. The van der Waals surface area contributed by atoms with E-state index in [1.54, 1.807) is 28.7 Å². The number of halogens is 3. The first kappa shape index (κ1) is 22.1. The second-order valence-electron chi connectivity index (χ2n) is 7.20. The van der Waals surface area contributed by atoms with Gasteiger partial charge in [-0.25, -0.2) is 13.2 Å². The Hall–Kier alpha value is -3.08. The zero-order valence-corrected chi connectivity index (χ0v) is 18.7. The van der Waals surface area contributed by atoms with Crippen LogP contribution in [-0.4, -0.2) is 11.4 Å². The minimum absolute atomic E-state index is 0.0458. The lowest BCUT2D eigenvalue weighted by molar-refractivity contribution is 0.321. The van der Waals surface area contributed by atoms with E-state index in [-0.39, 0.29) is 11.1 Å². The Morgan fingerprint density at radius 1 is 0.938 bits per heavy atom. The Kier molecular flexibility index (Phi) is 6.63. The minimum atomic E-state index is -0.948. The van der Waals surface area contributed by atoms with Crippen LogP contribution in [0.2, 0.25) is 0 Å². The summed E-state index contributed by atoms with van der Waals surface area (Å²) < 4.78 is 45.2. The van der Waals surface area contributed by atoms with Crippen LogP contribution in [0.3, 0.4) is 0 Å². The van der Waals surface area contributed by atoms with E-state index < -0.39 is 23.0 Å². The monoisotopic (exact) mass is 469 g/mol. The highest BCUT2D eigenvalue weighted by Crippen LogP contribution is 2.33. The van der Waals surface area contributed by atoms with Gasteiger partial charge in [-0.05, 0) is 54.8 Å². The van der Waals surface area contributed by atoms with Crippen LogP contribution >= 0.6 is 22.7 Å². The number of fused-ring (bicyclic) bond motifs is 1. The first-order valence-corrected chi connectivity index (χ1v) is 11.6. The Morgan fingerprint density at radius 2 is 1.69 bits per heavy atom. The van der Waals surface area contributed by atoms with E-state index in [4.69, 9.17) is 5.21 Å². The predicted molar refractivity (Wildman–Crippen MR) is 125 cm³/mol. The summed E-state index contributed by atoms with van der Waals surface area (Å²) in [6.45, 7) is 2.18. The molecule has 162 valence electrons. The van der Waals surface area contributed by atoms with E-state index >= 15 is 0 Å². The predicted octanol–water partition coefficient (Wildman–Crippen LogP) is 7.60. The van der Waals surface area contributed by atoms with Crippen LogP contribution < -0.4 is 0 Å². The molecule has 0 bridgehead atoms. The second-order valence-corrected chi connectivity index (χ2v) is 9.45. The molecular weight excluding hydrogens is 451 g/mol. The topological polar surface area (TPSA) is 32.6 Å². The SMILES string of the molecule is CCCCc1cc2sc(C#Cc3ccc(-c4cc(F)c(/C=N/O)c(F)c4)c(F)c3)cc2s1. The molecule has 4 rings (SSSR count). The second kappa shape index (κ2) is 9.60. The quantitative estimate of drug-likeness (QED) is 0.139. The van der Waals surface area contributed by atoms with Crippen molar-refractivity contribution in [1.82, 2.24) is 0 Å². The maximum atomic E-state index is 14.7. The lowest BCUT2D eigenvalue weighted by Crippen LogP contribution is -1.97. The molecule has 2 nitrogen and oxygen atoms in total. The van der Waals surface area contributed by atoms with Crippen LogP contribution in [0.1, 0.15) is 40.6 Å². The van der Waals surface area contributed by atoms with Crippen molar-refractivity contribution in [3.05, 3.63) is 80.8 Å². The van der Waals surface area contributed by atoms with Crippen molar-refractivity contribution in [3.8, 4) is 23.0 Å². The van der Waals surface area contributed by atoms with Gasteiger partial charge in [-0.15, -0.1) is 22.7 Å². The molecule has 0 radical (unpaired) electrons. The number of hydrogen-bond acceptors (Lipinski definition) is 4. The van der Waals surface area contributed by atoms with Crippen LogP contribution in [0.25, 0.3) is 20.5 Å². The summed E-state index contributed by atoms with van der Waals surface area (Å²) in [4.78, 5) is 2.29. The Morgan fingerprint density at radius 3 is 2.34 bits per heavy atom. The van der Waals surface area contributed by atoms with Gasteiger partial charge in [-0.1, -0.05) is 36.4 Å². The summed E-state index contributed by atoms with van der Waals surface area (Å²) >= 11 is 3.40. The standard InChI is InChI=1S/C25H18F3NOS2/c1-2-3-4-17-12-24-25(31-17)13-18(32-24)7-5-15-6-8-19(21(26)9-15)16-10-22(27)20(14-29-30)23(28)11-16/h6,8-14,30H,2-4H2,1H3/b29-14+. The fourth-order valence-corrected chi connectivity index (χ4v) is 5.62. The zero-order valence-electron chi connectivity index (χ0n) is 17.1. The lowest BCUT2D eigenvalue weighted by Gasteiger charge is -2.07. The van der Waals surface area contributed by atoms with Gasteiger partial charge in [-0.2, -0.15) is 0 Å². The van der Waals surface area contributed by atoms with Gasteiger partial charge >= 0.3 is 0 Å². The van der Waals surface area contributed by atoms with E-state index in [0.717, 1.165) is 23.4 Å². The molecule has 32 heavy (non-hydrogen) atoms. The molecule has 0 saturated heterocycles. The van der Waals surface area contributed by atoms with Gasteiger partial charge in [0, 0.05) is 25.4 Å². The molecular formula is C25H18F3NOS2. The highest BCUT2D eigenvalue weighted by atomic mass is 32.1. The maximum absolute atomic E-state index is 14.7. The van der Waals surface area contributed by atoms with Crippen LogP contribution in [0.15, 0.2) is 47.6 Å². The molecule has 1 N–H and O–H groups in total. The number of hydrogen-bond donors (Lipinski definition) is 1. The van der Waals surface area contributed by atoms with Gasteiger partial charge in [0.15, 0.2) is 0 Å². The van der Waals surface area contributed by atoms with Crippen molar-refractivity contribution in [2.75, 3.05) is 0 Å². The van der Waals surface area contributed by atoms with Crippen LogP contribution in [0.5, 0.6) is 0 Å². The number of aryl methyl sites for hydroxylation is 1. The Labute approximate surface area is 191 Å². The summed E-state index contributed by atoms with van der Waals surface area (Å²) in [7, 11) is 0. The molecule has 0 atom stereocenters. The zero-order chi connectivity index (χ0) is 22.7. The fraction of sp³-hybridized carbons (Fsp3) is 0.160. The average Bonchev–Trinajstić information content (AvgIpc) is 3.31. The largest absolute Gasteiger partial charge is 0.411 e. The third-order valence-corrected chi connectivity index (χ3v) is 7.18. The molecule has 4 aromatic rings. The summed E-state index contributed by atoms with van der Waals surface area (Å²) in [5, 5.41) is 11.1. The van der Waals surface area contributed by atoms with Crippen molar-refractivity contribution in [3.63, 3.8) is 0 Å². The third kappa shape index (κ3) is 4.72. The molecule has 0 spiro atoms. The summed E-state index contributed by atoms with van der Waals surface area (Å²) in [5.74, 6) is 3.51. The van der Waals surface area contributed by atoms with Crippen LogP contribution in [0.4, 0.5) is 13.2 Å². The van der Waals surface area contributed by atoms with Gasteiger partial charge < -0.3 is 5.21 Å². The van der Waals surface area contributed by atoms with Gasteiger partial charge in [0.25, 0.3) is 0 Å². The van der Waals surface area contributed by atoms with Crippen molar-refractivity contribution in [2.24, 2.45) is 5.16 Å². The van der Waals surface area contributed by atoms with E-state index in [0.29, 0.717) is 11.8 Å². The number of nitrogens with zero attached hydrogens (tertiary/aromatic N) is 1. The van der Waals surface area contributed by atoms with E-state index in [2.05, 4.69) is 36.1 Å². The minimum Gasteiger partial charge on any atom is -0.411 e. The number of oxime groups is 1. The van der Waals surface area contributed by atoms with Crippen molar-refractivity contribution in [1.29, 1.82) is 0 Å². The molecule has 0 fully saturated rings. The van der Waals surface area contributed by atoms with Gasteiger partial charge in [-0.3, -0.25) is 0 Å². The van der Waals surface area contributed by atoms with Crippen molar-refractivity contribution >= 4 is 38.3 Å². The fourth-order valence-electron chi connectivity index (χ4n) is 3.30. The molecule has 2 aromatic heterocycles. The smallest absolute Gasteiger partial charge is 0.135 e. The van der Waals surface area contributed by atoms with Gasteiger partial charge in [0.2, 0.25) is 0 Å². The van der Waals surface area contributed by atoms with E-state index in [1.807, 2.05) is 0 Å². The van der Waals surface area contributed by atoms with E-state index in [1.165, 1.54) is 39.3 Å². The Balaban J connectivity index is 1.56. The van der Waals surface area contributed by atoms with Gasteiger partial charge in [0.05, 0.1) is 16.7 Å². The van der Waals surface area contributed by atoms with Crippen LogP contribution in [0, 0.1) is 29.3 Å². The molecule has 0 amide bonds. The third-order valence-electron chi connectivity index (χ3n) is 4.91. The molecule has 0 aliphatic carbocycles. The van der Waals surface area contributed by atoms with Gasteiger partial charge in [0.1, 0.15) is 17.5 Å². The highest BCUT2D eigenvalue weighted by molar-refractivity contribution is 7.28. The van der Waals surface area contributed by atoms with Crippen molar-refractivity contribution in [2.45, 2.75) is 26.2 Å². The molecule has 7 heteroatoms. The number of unbranched alkanes of at least 4 members (excludes halogenated alkanes) is 1. The summed E-state index contributed by atoms with van der Waals surface area (Å²) in [5.41, 5.74) is 0.0747. The first-order valence-electron chi connectivity index (χ1n) is 9.99. The molecule has 0 aliphatic heterocycles. The molecule has 0 aliphatic rings. The van der Waals surface area contributed by atoms with Crippen molar-refractivity contribution < 1.29 is 18.4 Å². The van der Waals surface area contributed by atoms with Crippen LogP contribution in [-0.2, 0) is 6.42 Å². The normalized spacial score (nSPS) is 11.2. The maximum Gasteiger partial charge on any atom is 0.135 e. The summed E-state index contributed by atoms with van der Waals surface area (Å²) in [6, 6.07) is 10.6. The molecule has 2 aromatic carbocycles.